The minimum absolute atomic E-state index is 0.179. The largest absolute Gasteiger partial charge is 0.235 e. The van der Waals surface area contributed by atoms with E-state index in [1.807, 2.05) is 72.8 Å². The monoisotopic (exact) mass is 340 g/mol. The number of hydrogen-bond donors (Lipinski definition) is 0. The van der Waals surface area contributed by atoms with Crippen molar-refractivity contribution in [2.45, 2.75) is 13.1 Å². The molecule has 0 unspecified atom stereocenters. The van der Waals surface area contributed by atoms with Gasteiger partial charge in [-0.05, 0) is 33.4 Å². The van der Waals surface area contributed by atoms with Crippen molar-refractivity contribution in [1.82, 2.24) is 0 Å². The molecule has 3 aromatic carbocycles. The third-order valence-electron chi connectivity index (χ3n) is 4.17. The van der Waals surface area contributed by atoms with Crippen LogP contribution in [0.4, 0.5) is 0 Å². The van der Waals surface area contributed by atoms with Crippen LogP contribution in [0, 0.1) is 0 Å². The zero-order chi connectivity index (χ0) is 18.2. The first-order valence-corrected chi connectivity index (χ1v) is 8.18. The molecule has 0 fully saturated rings. The van der Waals surface area contributed by atoms with Gasteiger partial charge in [-0.25, -0.2) is 19.6 Å². The van der Waals surface area contributed by atoms with Crippen LogP contribution in [0.15, 0.2) is 82.8 Å². The molecule has 26 heavy (non-hydrogen) atoms. The number of hydrogen-bond acceptors (Lipinski definition) is 4. The van der Waals surface area contributed by atoms with Gasteiger partial charge in [-0.3, -0.25) is 0 Å². The maximum atomic E-state index is 10.7. The molecule has 0 aromatic heterocycles. The molecule has 4 nitrogen and oxygen atoms in total. The van der Waals surface area contributed by atoms with Gasteiger partial charge in [0.1, 0.15) is 0 Å². The lowest BCUT2D eigenvalue weighted by Gasteiger charge is -2.17. The molecular weight excluding hydrogens is 324 g/mol. The number of rotatable bonds is 6. The zero-order valence-electron chi connectivity index (χ0n) is 14.1. The molecule has 0 radical (unpaired) electrons. The number of isocyanates is 2. The van der Waals surface area contributed by atoms with Gasteiger partial charge in [0, 0.05) is 0 Å². The van der Waals surface area contributed by atoms with Gasteiger partial charge in [-0.15, -0.1) is 0 Å². The lowest BCUT2D eigenvalue weighted by atomic mass is 9.87. The molecule has 0 bridgehead atoms. The van der Waals surface area contributed by atoms with E-state index in [-0.39, 0.29) is 13.1 Å². The molecular formula is C22H16N2O2. The highest BCUT2D eigenvalue weighted by molar-refractivity contribution is 5.86. The first-order chi connectivity index (χ1) is 12.8. The Morgan fingerprint density at radius 2 is 1.23 bits per heavy atom. The Hall–Kier alpha value is -3.58. The lowest BCUT2D eigenvalue weighted by Crippen LogP contribution is -1.99. The molecule has 0 aliphatic heterocycles. The summed E-state index contributed by atoms with van der Waals surface area (Å²) < 4.78 is 0. The molecule has 0 N–H and O–H groups in total. The fourth-order valence-corrected chi connectivity index (χ4v) is 3.04. The Morgan fingerprint density at radius 1 is 0.654 bits per heavy atom. The van der Waals surface area contributed by atoms with Gasteiger partial charge in [-0.1, -0.05) is 72.8 Å². The summed E-state index contributed by atoms with van der Waals surface area (Å²) in [6.45, 7) is 0.375. The van der Waals surface area contributed by atoms with Crippen molar-refractivity contribution in [2.75, 3.05) is 0 Å². The molecule has 126 valence electrons. The topological polar surface area (TPSA) is 58.9 Å². The highest BCUT2D eigenvalue weighted by atomic mass is 16.1. The summed E-state index contributed by atoms with van der Waals surface area (Å²) in [5, 5.41) is 0. The number of benzene rings is 3. The Kier molecular flexibility index (Phi) is 5.64. The third kappa shape index (κ3) is 3.73. The molecule has 3 rings (SSSR count). The van der Waals surface area contributed by atoms with Crippen molar-refractivity contribution in [2.24, 2.45) is 9.98 Å². The molecule has 0 saturated heterocycles. The van der Waals surface area contributed by atoms with E-state index in [0.29, 0.717) is 0 Å². The summed E-state index contributed by atoms with van der Waals surface area (Å²) in [6.07, 6.45) is 3.18. The summed E-state index contributed by atoms with van der Waals surface area (Å²) >= 11 is 0. The van der Waals surface area contributed by atoms with Crippen molar-refractivity contribution < 1.29 is 9.59 Å². The van der Waals surface area contributed by atoms with E-state index in [2.05, 4.69) is 9.98 Å². The van der Waals surface area contributed by atoms with Gasteiger partial charge in [0.05, 0.1) is 13.1 Å². The van der Waals surface area contributed by atoms with Crippen LogP contribution in [0.25, 0.3) is 22.3 Å². The quantitative estimate of drug-likeness (QED) is 0.483. The fraction of sp³-hybridized carbons (Fsp3) is 0.0909. The van der Waals surface area contributed by atoms with Gasteiger partial charge in [0.25, 0.3) is 0 Å². The van der Waals surface area contributed by atoms with Crippen LogP contribution in [-0.2, 0) is 22.7 Å². The second-order valence-corrected chi connectivity index (χ2v) is 5.67. The number of carbonyl (C=O) groups excluding carboxylic acids is 2. The molecule has 4 heteroatoms. The van der Waals surface area contributed by atoms with Gasteiger partial charge >= 0.3 is 0 Å². The molecule has 3 aromatic rings. The minimum atomic E-state index is 0.179. The Bertz CT molecular complexity index is 985. The average molecular weight is 340 g/mol. The average Bonchev–Trinajstić information content (AvgIpc) is 2.71. The van der Waals surface area contributed by atoms with Crippen LogP contribution in [0.5, 0.6) is 0 Å². The number of aliphatic imine (C=N–C) groups is 2. The van der Waals surface area contributed by atoms with Crippen LogP contribution in [-0.4, -0.2) is 12.2 Å². The van der Waals surface area contributed by atoms with E-state index in [1.54, 1.807) is 12.2 Å². The maximum Gasteiger partial charge on any atom is 0.235 e. The van der Waals surface area contributed by atoms with Gasteiger partial charge in [-0.2, -0.15) is 0 Å². The van der Waals surface area contributed by atoms with E-state index in [0.717, 1.165) is 33.4 Å². The summed E-state index contributed by atoms with van der Waals surface area (Å²) in [6, 6.07) is 23.9. The van der Waals surface area contributed by atoms with Crippen molar-refractivity contribution in [3.05, 3.63) is 83.9 Å². The summed E-state index contributed by atoms with van der Waals surface area (Å²) in [7, 11) is 0. The summed E-state index contributed by atoms with van der Waals surface area (Å²) in [4.78, 5) is 28.8. The van der Waals surface area contributed by atoms with Crippen LogP contribution >= 0.6 is 0 Å². The predicted molar refractivity (Wildman–Crippen MR) is 101 cm³/mol. The van der Waals surface area contributed by atoms with Crippen LogP contribution in [0.2, 0.25) is 0 Å². The fourth-order valence-electron chi connectivity index (χ4n) is 3.04. The normalized spacial score (nSPS) is 9.85. The first kappa shape index (κ1) is 17.2. The van der Waals surface area contributed by atoms with E-state index < -0.39 is 0 Å². The first-order valence-electron chi connectivity index (χ1n) is 8.18. The lowest BCUT2D eigenvalue weighted by molar-refractivity contribution is 0.561. The standard InChI is InChI=1S/C22H16N2O2/c25-15-23-13-19-11-12-20(17-7-3-1-4-8-17)22(21(19)14-24-16-26)18-9-5-2-6-10-18/h1-12H,13-14H2. The summed E-state index contributed by atoms with van der Waals surface area (Å²) in [5.74, 6) is 0. The molecule has 0 aliphatic carbocycles. The SMILES string of the molecule is O=C=NCc1ccc(-c2ccccc2)c(-c2ccccc2)c1CN=C=O. The van der Waals surface area contributed by atoms with Gasteiger partial charge in [0.15, 0.2) is 0 Å². The Balaban J connectivity index is 2.31. The van der Waals surface area contributed by atoms with Crippen LogP contribution in [0.1, 0.15) is 11.1 Å². The smallest absolute Gasteiger partial charge is 0.211 e. The van der Waals surface area contributed by atoms with Gasteiger partial charge < -0.3 is 0 Å². The van der Waals surface area contributed by atoms with Crippen molar-refractivity contribution >= 4 is 12.2 Å². The highest BCUT2D eigenvalue weighted by Gasteiger charge is 2.16. The molecule has 0 amide bonds. The molecule has 0 saturated carbocycles. The minimum Gasteiger partial charge on any atom is -0.211 e. The van der Waals surface area contributed by atoms with E-state index in [9.17, 15) is 9.59 Å². The molecule has 0 atom stereocenters. The van der Waals surface area contributed by atoms with Gasteiger partial charge in [0.2, 0.25) is 12.2 Å². The van der Waals surface area contributed by atoms with Crippen LogP contribution < -0.4 is 0 Å². The Morgan fingerprint density at radius 3 is 1.85 bits per heavy atom. The molecule has 0 heterocycles. The highest BCUT2D eigenvalue weighted by Crippen LogP contribution is 2.37. The number of nitrogens with zero attached hydrogens (tertiary/aromatic N) is 2. The van der Waals surface area contributed by atoms with E-state index in [4.69, 9.17) is 0 Å². The second-order valence-electron chi connectivity index (χ2n) is 5.67. The second kappa shape index (κ2) is 8.50. The predicted octanol–water partition coefficient (Wildman–Crippen LogP) is 4.69. The molecule has 0 aliphatic rings. The van der Waals surface area contributed by atoms with Crippen molar-refractivity contribution in [1.29, 1.82) is 0 Å². The maximum absolute atomic E-state index is 10.7. The van der Waals surface area contributed by atoms with E-state index in [1.165, 1.54) is 0 Å². The zero-order valence-corrected chi connectivity index (χ0v) is 14.1. The van der Waals surface area contributed by atoms with E-state index >= 15 is 0 Å². The van der Waals surface area contributed by atoms with Crippen LogP contribution in [0.3, 0.4) is 0 Å². The Labute approximate surface area is 151 Å². The third-order valence-corrected chi connectivity index (χ3v) is 4.17. The molecule has 0 spiro atoms. The van der Waals surface area contributed by atoms with Crippen molar-refractivity contribution in [3.63, 3.8) is 0 Å². The van der Waals surface area contributed by atoms with Crippen molar-refractivity contribution in [3.8, 4) is 22.3 Å². The summed E-state index contributed by atoms with van der Waals surface area (Å²) in [5.41, 5.74) is 5.79.